The number of hydrogen-bond acceptors (Lipinski definition) is 7. The number of nitrogens with one attached hydrogen (secondary N) is 1. The first-order chi connectivity index (χ1) is 14.6. The highest BCUT2D eigenvalue weighted by Crippen LogP contribution is 2.52. The van der Waals surface area contributed by atoms with Crippen molar-refractivity contribution in [3.05, 3.63) is 48.5 Å². The van der Waals surface area contributed by atoms with E-state index in [-0.39, 0.29) is 23.8 Å². The number of hydrogen-bond donors (Lipinski definition) is 1. The lowest BCUT2D eigenvalue weighted by molar-refractivity contribution is -0.234. The molecule has 2 aliphatic heterocycles. The van der Waals surface area contributed by atoms with Gasteiger partial charge >= 0.3 is 0 Å². The maximum absolute atomic E-state index is 12.6. The molecule has 1 N–H and O–H groups in total. The van der Waals surface area contributed by atoms with Crippen LogP contribution in [0.4, 0.5) is 5.82 Å². The molecule has 1 amide bonds. The average Bonchev–Trinajstić information content (AvgIpc) is 3.42. The number of rotatable bonds is 5. The van der Waals surface area contributed by atoms with E-state index in [1.54, 1.807) is 25.6 Å². The minimum atomic E-state index is -0.286. The molecule has 4 heterocycles. The summed E-state index contributed by atoms with van der Waals surface area (Å²) >= 11 is 0. The van der Waals surface area contributed by atoms with Crippen LogP contribution in [0.15, 0.2) is 43.0 Å². The fourth-order valence-electron chi connectivity index (χ4n) is 4.74. The van der Waals surface area contributed by atoms with Crippen LogP contribution in [0.25, 0.3) is 11.2 Å². The number of carbonyl (C=O) groups excluding carboxylic acids is 1. The van der Waals surface area contributed by atoms with Crippen LogP contribution < -0.4 is 5.32 Å². The van der Waals surface area contributed by atoms with Crippen LogP contribution in [0.1, 0.15) is 36.9 Å². The Bertz CT molecular complexity index is 1090. The molecular formula is C21H24N6O3. The Balaban J connectivity index is 1.49. The van der Waals surface area contributed by atoms with Crippen LogP contribution in [-0.2, 0) is 9.57 Å². The zero-order valence-electron chi connectivity index (χ0n) is 17.1. The first kappa shape index (κ1) is 19.1. The van der Waals surface area contributed by atoms with Gasteiger partial charge in [0, 0.05) is 11.5 Å². The van der Waals surface area contributed by atoms with Crippen molar-refractivity contribution in [1.29, 1.82) is 0 Å². The third-order valence-corrected chi connectivity index (χ3v) is 6.48. The third-order valence-electron chi connectivity index (χ3n) is 6.48. The molecule has 0 radical (unpaired) electrons. The molecule has 1 aromatic carbocycles. The van der Waals surface area contributed by atoms with E-state index in [0.29, 0.717) is 28.5 Å². The topological polar surface area (TPSA) is 94.4 Å². The number of benzene rings is 1. The summed E-state index contributed by atoms with van der Waals surface area (Å²) in [5, 5.41) is 4.84. The summed E-state index contributed by atoms with van der Waals surface area (Å²) < 4.78 is 8.45. The highest BCUT2D eigenvalue weighted by Gasteiger charge is 2.62. The quantitative estimate of drug-likeness (QED) is 0.693. The lowest BCUT2D eigenvalue weighted by Gasteiger charge is -2.36. The molecule has 9 heteroatoms. The number of hydroxylamine groups is 2. The van der Waals surface area contributed by atoms with Gasteiger partial charge in [0.1, 0.15) is 6.33 Å². The van der Waals surface area contributed by atoms with E-state index in [4.69, 9.17) is 9.57 Å². The second kappa shape index (κ2) is 7.12. The van der Waals surface area contributed by atoms with E-state index >= 15 is 0 Å². The van der Waals surface area contributed by atoms with Crippen LogP contribution in [0.3, 0.4) is 0 Å². The van der Waals surface area contributed by atoms with Gasteiger partial charge in [0.2, 0.25) is 0 Å². The molecule has 2 saturated heterocycles. The fourth-order valence-corrected chi connectivity index (χ4v) is 4.74. The van der Waals surface area contributed by atoms with E-state index in [2.05, 4.69) is 34.1 Å². The van der Waals surface area contributed by atoms with Crippen molar-refractivity contribution < 1.29 is 14.4 Å². The van der Waals surface area contributed by atoms with E-state index < -0.39 is 0 Å². The van der Waals surface area contributed by atoms with Gasteiger partial charge in [-0.2, -0.15) is 5.06 Å². The zero-order valence-corrected chi connectivity index (χ0v) is 17.1. The third kappa shape index (κ3) is 2.73. The predicted octanol–water partition coefficient (Wildman–Crippen LogP) is 2.64. The molecular weight excluding hydrogens is 384 g/mol. The van der Waals surface area contributed by atoms with Gasteiger partial charge in [-0.25, -0.2) is 15.0 Å². The normalized spacial score (nSPS) is 28.3. The van der Waals surface area contributed by atoms with Crippen LogP contribution in [0.5, 0.6) is 0 Å². The predicted molar refractivity (Wildman–Crippen MR) is 110 cm³/mol. The Labute approximate surface area is 174 Å². The molecule has 30 heavy (non-hydrogen) atoms. The van der Waals surface area contributed by atoms with E-state index in [9.17, 15) is 4.79 Å². The van der Waals surface area contributed by atoms with Crippen molar-refractivity contribution in [2.75, 3.05) is 19.0 Å². The van der Waals surface area contributed by atoms with Crippen LogP contribution in [0, 0.1) is 5.92 Å². The number of imidazole rings is 1. The molecule has 0 spiro atoms. The maximum atomic E-state index is 12.6. The molecule has 9 nitrogen and oxygen atoms in total. The Morgan fingerprint density at radius 3 is 2.80 bits per heavy atom. The van der Waals surface area contributed by atoms with Crippen molar-refractivity contribution in [2.45, 2.75) is 38.1 Å². The molecule has 2 bridgehead atoms. The number of aromatic nitrogens is 4. The number of nitrogens with zero attached hydrogens (tertiary/aromatic N) is 5. The summed E-state index contributed by atoms with van der Waals surface area (Å²) in [7, 11) is 1.69. The zero-order chi connectivity index (χ0) is 20.9. The molecule has 2 fully saturated rings. The van der Waals surface area contributed by atoms with Crippen molar-refractivity contribution in [2.24, 2.45) is 5.92 Å². The molecule has 5 rings (SSSR count). The van der Waals surface area contributed by atoms with Crippen molar-refractivity contribution >= 4 is 22.9 Å². The van der Waals surface area contributed by atoms with Gasteiger partial charge in [-0.15, -0.1) is 0 Å². The molecule has 2 aromatic heterocycles. The Morgan fingerprint density at radius 2 is 2.10 bits per heavy atom. The first-order valence-corrected chi connectivity index (χ1v) is 10.1. The molecule has 2 aliphatic rings. The average molecular weight is 408 g/mol. The number of ether oxygens (including phenoxy) is 1. The number of anilines is 1. The molecule has 3 aromatic rings. The highest BCUT2D eigenvalue weighted by atomic mass is 16.7. The van der Waals surface area contributed by atoms with Gasteiger partial charge in [-0.05, 0) is 18.6 Å². The summed E-state index contributed by atoms with van der Waals surface area (Å²) in [6, 6.07) is 9.05. The second-order valence-electron chi connectivity index (χ2n) is 7.83. The molecule has 0 saturated carbocycles. The summed E-state index contributed by atoms with van der Waals surface area (Å²) in [5.74, 6) is 0.423. The monoisotopic (exact) mass is 408 g/mol. The van der Waals surface area contributed by atoms with Gasteiger partial charge in [0.25, 0.3) is 5.91 Å². The minimum Gasteiger partial charge on any atom is -0.348 e. The van der Waals surface area contributed by atoms with Crippen molar-refractivity contribution in [3.8, 4) is 0 Å². The van der Waals surface area contributed by atoms with Gasteiger partial charge in [0.15, 0.2) is 23.2 Å². The standard InChI is InChI=1S/C21H24N6O3/c1-4-21-10-27(29-3)16(13(21)2)20(30-21)26-12-24-15-17(22-11-23-18(15)26)25-19(28)14-8-6-5-7-9-14/h5-9,11-13,16,20H,4,10H2,1-3H3,(H,22,23,25,28)/t13-,16+,20-,21-/m1/s1. The molecule has 0 aliphatic carbocycles. The van der Waals surface area contributed by atoms with Gasteiger partial charge in [-0.1, -0.05) is 32.0 Å². The summed E-state index contributed by atoms with van der Waals surface area (Å²) in [5.41, 5.74) is 1.42. The SMILES string of the molecule is CC[C@]12CN(OC)[C@H]([C@H](n3cnc4c(NC(=O)c5ccccc5)ncnc43)O1)[C@H]2C. The summed E-state index contributed by atoms with van der Waals surface area (Å²) in [4.78, 5) is 31.4. The van der Waals surface area contributed by atoms with E-state index in [1.165, 1.54) is 6.33 Å². The van der Waals surface area contributed by atoms with Gasteiger partial charge in [-0.3, -0.25) is 9.36 Å². The maximum Gasteiger partial charge on any atom is 0.256 e. The largest absolute Gasteiger partial charge is 0.348 e. The van der Waals surface area contributed by atoms with E-state index in [0.717, 1.165) is 13.0 Å². The smallest absolute Gasteiger partial charge is 0.256 e. The first-order valence-electron chi connectivity index (χ1n) is 10.1. The lowest BCUT2D eigenvalue weighted by Crippen LogP contribution is -2.44. The number of morpholine rings is 1. The highest BCUT2D eigenvalue weighted by molar-refractivity contribution is 6.06. The Hall–Kier alpha value is -2.88. The lowest BCUT2D eigenvalue weighted by atomic mass is 9.88. The van der Waals surface area contributed by atoms with Crippen LogP contribution >= 0.6 is 0 Å². The molecule has 4 atom stereocenters. The number of fused-ring (bicyclic) bond motifs is 3. The van der Waals surface area contributed by atoms with E-state index in [1.807, 2.05) is 27.8 Å². The van der Waals surface area contributed by atoms with Gasteiger partial charge < -0.3 is 14.9 Å². The number of carbonyl (C=O) groups is 1. The summed E-state index contributed by atoms with van der Waals surface area (Å²) in [6.07, 6.45) is 3.74. The van der Waals surface area contributed by atoms with Gasteiger partial charge in [0.05, 0.1) is 31.6 Å². The van der Waals surface area contributed by atoms with Crippen LogP contribution in [-0.4, -0.2) is 55.8 Å². The number of amides is 1. The molecule has 156 valence electrons. The van der Waals surface area contributed by atoms with Crippen molar-refractivity contribution in [3.63, 3.8) is 0 Å². The Morgan fingerprint density at radius 1 is 1.30 bits per heavy atom. The summed E-state index contributed by atoms with van der Waals surface area (Å²) in [6.45, 7) is 5.08. The van der Waals surface area contributed by atoms with Crippen LogP contribution in [0.2, 0.25) is 0 Å². The Kier molecular flexibility index (Phi) is 4.53. The second-order valence-corrected chi connectivity index (χ2v) is 7.83. The minimum absolute atomic E-state index is 0.0460. The fraction of sp³-hybridized carbons (Fsp3) is 0.429. The molecule has 0 unspecified atom stereocenters. The van der Waals surface area contributed by atoms with Crippen molar-refractivity contribution in [1.82, 2.24) is 24.6 Å².